The van der Waals surface area contributed by atoms with Crippen molar-refractivity contribution in [2.45, 2.75) is 19.5 Å². The van der Waals surface area contributed by atoms with Gasteiger partial charge in [0.2, 0.25) is 0 Å². The van der Waals surface area contributed by atoms with E-state index in [2.05, 4.69) is 17.3 Å². The molecular formula is C13H16ClN3. The van der Waals surface area contributed by atoms with Gasteiger partial charge in [0.1, 0.15) is 0 Å². The van der Waals surface area contributed by atoms with Crippen LogP contribution in [0, 0.1) is 0 Å². The third-order valence-electron chi connectivity index (χ3n) is 2.74. The topological polar surface area (TPSA) is 29.9 Å². The number of nitrogens with zero attached hydrogens (tertiary/aromatic N) is 2. The van der Waals surface area contributed by atoms with E-state index < -0.39 is 0 Å². The molecule has 0 spiro atoms. The van der Waals surface area contributed by atoms with Crippen molar-refractivity contribution in [3.63, 3.8) is 0 Å². The van der Waals surface area contributed by atoms with E-state index >= 15 is 0 Å². The molecule has 0 unspecified atom stereocenters. The average Bonchev–Trinajstić information content (AvgIpc) is 2.73. The Hall–Kier alpha value is -1.32. The van der Waals surface area contributed by atoms with Crippen molar-refractivity contribution >= 4 is 11.6 Å². The van der Waals surface area contributed by atoms with Crippen LogP contribution in [0.15, 0.2) is 36.7 Å². The highest BCUT2D eigenvalue weighted by Crippen LogP contribution is 2.16. The second kappa shape index (κ2) is 5.34. The van der Waals surface area contributed by atoms with Gasteiger partial charge in [-0.05, 0) is 24.6 Å². The van der Waals surface area contributed by atoms with Gasteiger partial charge < -0.3 is 5.32 Å². The molecule has 2 rings (SSSR count). The fraction of sp³-hybridized carbons (Fsp3) is 0.308. The second-order valence-electron chi connectivity index (χ2n) is 4.18. The van der Waals surface area contributed by atoms with Gasteiger partial charge in [-0.15, -0.1) is 0 Å². The first kappa shape index (κ1) is 12.1. The summed E-state index contributed by atoms with van der Waals surface area (Å²) in [5.74, 6) is 0. The van der Waals surface area contributed by atoms with Crippen LogP contribution in [0.4, 0.5) is 0 Å². The van der Waals surface area contributed by atoms with E-state index in [1.165, 1.54) is 11.1 Å². The molecule has 3 nitrogen and oxygen atoms in total. The molecule has 0 aliphatic carbocycles. The lowest BCUT2D eigenvalue weighted by molar-refractivity contribution is 0.574. The standard InChI is InChI=1S/C13H16ClN3/c1-10(12-3-5-13(14)6-4-12)15-7-11-8-16-17(2)9-11/h3-6,8-10,15H,7H2,1-2H3/t10-/m0/s1. The second-order valence-corrected chi connectivity index (χ2v) is 4.61. The molecule has 2 aromatic rings. The molecule has 1 heterocycles. The summed E-state index contributed by atoms with van der Waals surface area (Å²) < 4.78 is 1.81. The normalized spacial score (nSPS) is 12.6. The fourth-order valence-electron chi connectivity index (χ4n) is 1.70. The average molecular weight is 250 g/mol. The number of hydrogen-bond donors (Lipinski definition) is 1. The van der Waals surface area contributed by atoms with Gasteiger partial charge in [-0.3, -0.25) is 4.68 Å². The Morgan fingerprint density at radius 2 is 2.06 bits per heavy atom. The van der Waals surface area contributed by atoms with Gasteiger partial charge >= 0.3 is 0 Å². The summed E-state index contributed by atoms with van der Waals surface area (Å²) in [5.41, 5.74) is 2.42. The van der Waals surface area contributed by atoms with Crippen LogP contribution in [0.5, 0.6) is 0 Å². The molecule has 0 aliphatic rings. The minimum atomic E-state index is 0.299. The fourth-order valence-corrected chi connectivity index (χ4v) is 1.83. The first-order chi connectivity index (χ1) is 8.15. The maximum absolute atomic E-state index is 5.86. The zero-order chi connectivity index (χ0) is 12.3. The minimum absolute atomic E-state index is 0.299. The van der Waals surface area contributed by atoms with E-state index in [-0.39, 0.29) is 0 Å². The molecule has 0 fully saturated rings. The third-order valence-corrected chi connectivity index (χ3v) is 2.99. The van der Waals surface area contributed by atoms with Crippen LogP contribution in [0.3, 0.4) is 0 Å². The number of halogens is 1. The monoisotopic (exact) mass is 249 g/mol. The molecule has 1 aromatic heterocycles. The van der Waals surface area contributed by atoms with E-state index in [4.69, 9.17) is 11.6 Å². The van der Waals surface area contributed by atoms with Crippen molar-refractivity contribution in [3.05, 3.63) is 52.8 Å². The number of aromatic nitrogens is 2. The van der Waals surface area contributed by atoms with Crippen molar-refractivity contribution < 1.29 is 0 Å². The highest BCUT2D eigenvalue weighted by atomic mass is 35.5. The molecule has 0 saturated heterocycles. The van der Waals surface area contributed by atoms with Crippen LogP contribution >= 0.6 is 11.6 Å². The summed E-state index contributed by atoms with van der Waals surface area (Å²) in [6.07, 6.45) is 3.89. The summed E-state index contributed by atoms with van der Waals surface area (Å²) in [7, 11) is 1.92. The lowest BCUT2D eigenvalue weighted by Gasteiger charge is -2.13. The van der Waals surface area contributed by atoms with Crippen LogP contribution in [-0.2, 0) is 13.6 Å². The van der Waals surface area contributed by atoms with Gasteiger partial charge in [0, 0.05) is 36.4 Å². The number of hydrogen-bond acceptors (Lipinski definition) is 2. The van der Waals surface area contributed by atoms with Crippen molar-refractivity contribution in [3.8, 4) is 0 Å². The maximum atomic E-state index is 5.86. The van der Waals surface area contributed by atoms with Gasteiger partial charge in [-0.2, -0.15) is 5.10 Å². The number of nitrogens with one attached hydrogen (secondary N) is 1. The quantitative estimate of drug-likeness (QED) is 0.903. The van der Waals surface area contributed by atoms with Gasteiger partial charge in [0.05, 0.1) is 6.20 Å². The summed E-state index contributed by atoms with van der Waals surface area (Å²) in [4.78, 5) is 0. The molecule has 1 aromatic carbocycles. The summed E-state index contributed by atoms with van der Waals surface area (Å²) >= 11 is 5.86. The van der Waals surface area contributed by atoms with Crippen molar-refractivity contribution in [2.24, 2.45) is 7.05 Å². The third kappa shape index (κ3) is 3.32. The summed E-state index contributed by atoms with van der Waals surface area (Å²) in [6.45, 7) is 2.96. The summed E-state index contributed by atoms with van der Waals surface area (Å²) in [5, 5.41) is 8.36. The van der Waals surface area contributed by atoms with Crippen LogP contribution in [0.25, 0.3) is 0 Å². The number of rotatable bonds is 4. The number of benzene rings is 1. The van der Waals surface area contributed by atoms with Crippen LogP contribution in [-0.4, -0.2) is 9.78 Å². The number of aryl methyl sites for hydroxylation is 1. The van der Waals surface area contributed by atoms with E-state index in [1.807, 2.05) is 48.4 Å². The van der Waals surface area contributed by atoms with E-state index in [9.17, 15) is 0 Å². The van der Waals surface area contributed by atoms with Crippen LogP contribution < -0.4 is 5.32 Å². The molecule has 0 radical (unpaired) electrons. The zero-order valence-electron chi connectivity index (χ0n) is 10.0. The SMILES string of the molecule is C[C@H](NCc1cnn(C)c1)c1ccc(Cl)cc1. The van der Waals surface area contributed by atoms with Crippen LogP contribution in [0.2, 0.25) is 5.02 Å². The predicted octanol–water partition coefficient (Wildman–Crippen LogP) is 2.92. The van der Waals surface area contributed by atoms with E-state index in [0.717, 1.165) is 11.6 Å². The molecule has 0 saturated carbocycles. The van der Waals surface area contributed by atoms with Gasteiger partial charge in [-0.1, -0.05) is 23.7 Å². The largest absolute Gasteiger partial charge is 0.306 e. The Morgan fingerprint density at radius 3 is 2.65 bits per heavy atom. The van der Waals surface area contributed by atoms with Crippen molar-refractivity contribution in [1.82, 2.24) is 15.1 Å². The lowest BCUT2D eigenvalue weighted by atomic mass is 10.1. The van der Waals surface area contributed by atoms with Gasteiger partial charge in [0.15, 0.2) is 0 Å². The molecular weight excluding hydrogens is 234 g/mol. The molecule has 1 atom stereocenters. The lowest BCUT2D eigenvalue weighted by Crippen LogP contribution is -2.17. The Balaban J connectivity index is 1.93. The highest BCUT2D eigenvalue weighted by Gasteiger charge is 2.05. The van der Waals surface area contributed by atoms with Crippen LogP contribution in [0.1, 0.15) is 24.1 Å². The van der Waals surface area contributed by atoms with Crippen molar-refractivity contribution in [1.29, 1.82) is 0 Å². The maximum Gasteiger partial charge on any atom is 0.0534 e. The van der Waals surface area contributed by atoms with Gasteiger partial charge in [0.25, 0.3) is 0 Å². The molecule has 0 aliphatic heterocycles. The Kier molecular flexibility index (Phi) is 3.82. The molecule has 17 heavy (non-hydrogen) atoms. The van der Waals surface area contributed by atoms with Gasteiger partial charge in [-0.25, -0.2) is 0 Å². The predicted molar refractivity (Wildman–Crippen MR) is 69.9 cm³/mol. The first-order valence-electron chi connectivity index (χ1n) is 5.61. The minimum Gasteiger partial charge on any atom is -0.306 e. The van der Waals surface area contributed by atoms with E-state index in [0.29, 0.717) is 6.04 Å². The van der Waals surface area contributed by atoms with Crippen molar-refractivity contribution in [2.75, 3.05) is 0 Å². The molecule has 0 bridgehead atoms. The molecule has 0 amide bonds. The smallest absolute Gasteiger partial charge is 0.0534 e. The zero-order valence-corrected chi connectivity index (χ0v) is 10.8. The Labute approximate surface area is 106 Å². The highest BCUT2D eigenvalue weighted by molar-refractivity contribution is 6.30. The Bertz CT molecular complexity index is 476. The molecule has 90 valence electrons. The van der Waals surface area contributed by atoms with E-state index in [1.54, 1.807) is 0 Å². The first-order valence-corrected chi connectivity index (χ1v) is 5.99. The Morgan fingerprint density at radius 1 is 1.35 bits per heavy atom. The molecule has 4 heteroatoms. The molecule has 1 N–H and O–H groups in total. The summed E-state index contributed by atoms with van der Waals surface area (Å²) in [6, 6.07) is 8.22.